The molecule has 1 aromatic carbocycles. The number of carbonyl (C=O) groups excluding carboxylic acids is 1. The Balaban J connectivity index is 2.09. The van der Waals surface area contributed by atoms with E-state index >= 15 is 0 Å². The van der Waals surface area contributed by atoms with E-state index in [1.54, 1.807) is 29.6 Å². The van der Waals surface area contributed by atoms with Gasteiger partial charge in [0.05, 0.1) is 15.6 Å². The third-order valence-electron chi connectivity index (χ3n) is 2.17. The molecular formula is C12H8BrClN2O2S. The first kappa shape index (κ1) is 14.0. The normalized spacial score (nSPS) is 10.8. The molecule has 0 aliphatic rings. The number of phenols is 1. The Morgan fingerprint density at radius 3 is 3.00 bits per heavy atom. The van der Waals surface area contributed by atoms with Crippen molar-refractivity contribution in [2.24, 2.45) is 5.10 Å². The van der Waals surface area contributed by atoms with Crippen LogP contribution in [0.15, 0.2) is 39.2 Å². The van der Waals surface area contributed by atoms with Gasteiger partial charge in [0.1, 0.15) is 5.75 Å². The van der Waals surface area contributed by atoms with E-state index in [-0.39, 0.29) is 11.7 Å². The number of phenolic OH excluding ortho intramolecular Hbond substituents is 1. The van der Waals surface area contributed by atoms with E-state index in [2.05, 4.69) is 26.5 Å². The summed E-state index contributed by atoms with van der Waals surface area (Å²) in [5.74, 6) is -0.287. The lowest BCUT2D eigenvalue weighted by molar-refractivity contribution is 0.0959. The fourth-order valence-corrected chi connectivity index (χ4v) is 2.76. The number of rotatable bonds is 3. The van der Waals surface area contributed by atoms with Crippen LogP contribution in [0.5, 0.6) is 5.75 Å². The van der Waals surface area contributed by atoms with Crippen LogP contribution in [0, 0.1) is 0 Å². The Morgan fingerprint density at radius 1 is 1.53 bits per heavy atom. The second-order valence-electron chi connectivity index (χ2n) is 3.50. The van der Waals surface area contributed by atoms with Crippen LogP contribution in [0.1, 0.15) is 15.2 Å². The number of hydrogen-bond acceptors (Lipinski definition) is 4. The molecule has 0 atom stereocenters. The SMILES string of the molecule is O=C(N/N=C\c1cc(Cl)cc(Br)c1O)c1cccs1. The molecule has 2 rings (SSSR count). The lowest BCUT2D eigenvalue weighted by Crippen LogP contribution is -2.16. The van der Waals surface area contributed by atoms with Crippen LogP contribution < -0.4 is 5.43 Å². The highest BCUT2D eigenvalue weighted by Gasteiger charge is 2.07. The summed E-state index contributed by atoms with van der Waals surface area (Å²) >= 11 is 10.3. The standard InChI is InChI=1S/C12H8BrClN2O2S/c13-9-5-8(14)4-7(11(9)17)6-15-16-12(18)10-2-1-3-19-10/h1-6,17H,(H,16,18)/b15-6-. The zero-order valence-electron chi connectivity index (χ0n) is 9.43. The Kier molecular flexibility index (Phi) is 4.57. The number of nitrogens with one attached hydrogen (secondary N) is 1. The summed E-state index contributed by atoms with van der Waals surface area (Å²) in [4.78, 5) is 12.2. The Hall–Kier alpha value is -1.37. The monoisotopic (exact) mass is 358 g/mol. The quantitative estimate of drug-likeness (QED) is 0.649. The molecule has 1 heterocycles. The van der Waals surface area contributed by atoms with Crippen molar-refractivity contribution in [2.75, 3.05) is 0 Å². The number of hydrazone groups is 1. The molecule has 0 spiro atoms. The highest BCUT2D eigenvalue weighted by atomic mass is 79.9. The Morgan fingerprint density at radius 2 is 2.32 bits per heavy atom. The minimum atomic E-state index is -0.299. The largest absolute Gasteiger partial charge is 0.506 e. The smallest absolute Gasteiger partial charge is 0.281 e. The molecule has 0 unspecified atom stereocenters. The number of carbonyl (C=O) groups is 1. The van der Waals surface area contributed by atoms with Gasteiger partial charge in [0.15, 0.2) is 0 Å². The van der Waals surface area contributed by atoms with Crippen LogP contribution >= 0.6 is 38.9 Å². The highest BCUT2D eigenvalue weighted by molar-refractivity contribution is 9.10. The Bertz CT molecular complexity index is 629. The van der Waals surface area contributed by atoms with Crippen molar-refractivity contribution in [2.45, 2.75) is 0 Å². The number of halogens is 2. The second kappa shape index (κ2) is 6.18. The molecular weight excluding hydrogens is 352 g/mol. The number of hydrogen-bond donors (Lipinski definition) is 2. The van der Waals surface area contributed by atoms with Gasteiger partial charge in [-0.2, -0.15) is 5.10 Å². The van der Waals surface area contributed by atoms with Crippen molar-refractivity contribution in [3.05, 3.63) is 49.6 Å². The summed E-state index contributed by atoms with van der Waals surface area (Å²) in [6.07, 6.45) is 1.33. The van der Waals surface area contributed by atoms with Crippen LogP contribution in [0.4, 0.5) is 0 Å². The van der Waals surface area contributed by atoms with E-state index in [0.29, 0.717) is 19.9 Å². The van der Waals surface area contributed by atoms with Gasteiger partial charge in [0, 0.05) is 10.6 Å². The third-order valence-corrected chi connectivity index (χ3v) is 3.86. The van der Waals surface area contributed by atoms with Crippen LogP contribution in [0.3, 0.4) is 0 Å². The van der Waals surface area contributed by atoms with E-state index in [9.17, 15) is 9.90 Å². The summed E-state index contributed by atoms with van der Waals surface area (Å²) in [6.45, 7) is 0. The first-order chi connectivity index (χ1) is 9.08. The summed E-state index contributed by atoms with van der Waals surface area (Å²) in [5, 5.41) is 15.8. The number of amides is 1. The van der Waals surface area contributed by atoms with Gasteiger partial charge < -0.3 is 5.11 Å². The predicted molar refractivity (Wildman–Crippen MR) is 80.2 cm³/mol. The number of nitrogens with zero attached hydrogens (tertiary/aromatic N) is 1. The molecule has 0 radical (unpaired) electrons. The second-order valence-corrected chi connectivity index (χ2v) is 5.74. The fraction of sp³-hybridized carbons (Fsp3) is 0. The molecule has 0 saturated heterocycles. The van der Waals surface area contributed by atoms with Crippen molar-refractivity contribution in [3.63, 3.8) is 0 Å². The minimum absolute atomic E-state index is 0.0125. The third kappa shape index (κ3) is 3.56. The van der Waals surface area contributed by atoms with Crippen molar-refractivity contribution in [3.8, 4) is 5.75 Å². The molecule has 0 fully saturated rings. The van der Waals surface area contributed by atoms with Crippen LogP contribution in [0.25, 0.3) is 0 Å². The van der Waals surface area contributed by atoms with Gasteiger partial charge in [-0.15, -0.1) is 11.3 Å². The van der Waals surface area contributed by atoms with Gasteiger partial charge in [-0.05, 0) is 39.5 Å². The Labute approximate surface area is 126 Å². The maximum Gasteiger partial charge on any atom is 0.281 e. The first-order valence-electron chi connectivity index (χ1n) is 5.13. The topological polar surface area (TPSA) is 61.7 Å². The van der Waals surface area contributed by atoms with Gasteiger partial charge in [-0.25, -0.2) is 5.43 Å². The molecule has 4 nitrogen and oxygen atoms in total. The van der Waals surface area contributed by atoms with E-state index in [0.717, 1.165) is 0 Å². The summed E-state index contributed by atoms with van der Waals surface area (Å²) in [7, 11) is 0. The maximum absolute atomic E-state index is 11.6. The molecule has 98 valence electrons. The summed E-state index contributed by atoms with van der Waals surface area (Å²) in [6, 6.07) is 6.59. The molecule has 0 bridgehead atoms. The predicted octanol–water partition coefficient (Wildman–Crippen LogP) is 3.63. The molecule has 1 amide bonds. The zero-order chi connectivity index (χ0) is 13.8. The average molecular weight is 360 g/mol. The van der Waals surface area contributed by atoms with Gasteiger partial charge in [-0.3, -0.25) is 4.79 Å². The lowest BCUT2D eigenvalue weighted by atomic mass is 10.2. The van der Waals surface area contributed by atoms with Crippen molar-refractivity contribution in [1.82, 2.24) is 5.43 Å². The van der Waals surface area contributed by atoms with E-state index < -0.39 is 0 Å². The zero-order valence-corrected chi connectivity index (χ0v) is 12.6. The maximum atomic E-state index is 11.6. The molecule has 0 aliphatic heterocycles. The molecule has 2 N–H and O–H groups in total. The molecule has 2 aromatic rings. The minimum Gasteiger partial charge on any atom is -0.506 e. The van der Waals surface area contributed by atoms with Gasteiger partial charge in [0.2, 0.25) is 0 Å². The molecule has 0 aliphatic carbocycles. The van der Waals surface area contributed by atoms with E-state index in [1.807, 2.05) is 0 Å². The number of thiophene rings is 1. The molecule has 1 aromatic heterocycles. The summed E-state index contributed by atoms with van der Waals surface area (Å²) in [5.41, 5.74) is 2.78. The lowest BCUT2D eigenvalue weighted by Gasteiger charge is -2.02. The number of aromatic hydroxyl groups is 1. The molecule has 19 heavy (non-hydrogen) atoms. The van der Waals surface area contributed by atoms with Crippen molar-refractivity contribution in [1.29, 1.82) is 0 Å². The average Bonchev–Trinajstić information content (AvgIpc) is 2.88. The summed E-state index contributed by atoms with van der Waals surface area (Å²) < 4.78 is 0.464. The number of benzene rings is 1. The van der Waals surface area contributed by atoms with Crippen LogP contribution in [0.2, 0.25) is 5.02 Å². The van der Waals surface area contributed by atoms with E-state index in [4.69, 9.17) is 11.6 Å². The fourth-order valence-electron chi connectivity index (χ4n) is 1.31. The van der Waals surface area contributed by atoms with Crippen LogP contribution in [-0.4, -0.2) is 17.2 Å². The van der Waals surface area contributed by atoms with Gasteiger partial charge in [0.25, 0.3) is 5.91 Å². The van der Waals surface area contributed by atoms with E-state index in [1.165, 1.54) is 17.6 Å². The highest BCUT2D eigenvalue weighted by Crippen LogP contribution is 2.30. The van der Waals surface area contributed by atoms with Gasteiger partial charge in [-0.1, -0.05) is 17.7 Å². The van der Waals surface area contributed by atoms with Crippen molar-refractivity contribution < 1.29 is 9.90 Å². The molecule has 7 heteroatoms. The van der Waals surface area contributed by atoms with Crippen molar-refractivity contribution >= 4 is 51.0 Å². The van der Waals surface area contributed by atoms with Gasteiger partial charge >= 0.3 is 0 Å². The molecule has 0 saturated carbocycles. The van der Waals surface area contributed by atoms with Crippen LogP contribution in [-0.2, 0) is 0 Å². The first-order valence-corrected chi connectivity index (χ1v) is 7.18.